The maximum absolute atomic E-state index is 5.06. The lowest BCUT2D eigenvalue weighted by Crippen LogP contribution is -2.25. The van der Waals surface area contributed by atoms with Crippen LogP contribution >= 0.6 is 0 Å². The van der Waals surface area contributed by atoms with Crippen molar-refractivity contribution in [2.75, 3.05) is 23.3 Å². The minimum Gasteiger partial charge on any atom is -0.360 e. The molecule has 1 aliphatic heterocycles. The molecule has 0 amide bonds. The van der Waals surface area contributed by atoms with Crippen molar-refractivity contribution in [3.63, 3.8) is 0 Å². The summed E-state index contributed by atoms with van der Waals surface area (Å²) in [6, 6.07) is 3.84. The predicted molar refractivity (Wildman–Crippen MR) is 82.0 cm³/mol. The Labute approximate surface area is 124 Å². The van der Waals surface area contributed by atoms with Crippen LogP contribution in [0.4, 0.5) is 17.5 Å². The molecule has 1 fully saturated rings. The number of nitrogens with zero attached hydrogens (tertiary/aromatic N) is 4. The zero-order valence-electron chi connectivity index (χ0n) is 12.6. The van der Waals surface area contributed by atoms with Crippen molar-refractivity contribution in [1.29, 1.82) is 0 Å². The smallest absolute Gasteiger partial charge is 0.175 e. The molecule has 21 heavy (non-hydrogen) atoms. The first-order chi connectivity index (χ1) is 10.2. The fraction of sp³-hybridized carbons (Fsp3) is 0.533. The van der Waals surface area contributed by atoms with Crippen LogP contribution in [0.3, 0.4) is 0 Å². The van der Waals surface area contributed by atoms with Crippen LogP contribution in [0.15, 0.2) is 16.7 Å². The molecule has 1 aliphatic rings. The first-order valence-electron chi connectivity index (χ1n) is 7.52. The summed E-state index contributed by atoms with van der Waals surface area (Å²) in [5.41, 5.74) is 0. The van der Waals surface area contributed by atoms with Crippen LogP contribution in [0.1, 0.15) is 37.3 Å². The average Bonchev–Trinajstić information content (AvgIpc) is 2.71. The first kappa shape index (κ1) is 13.9. The van der Waals surface area contributed by atoms with Gasteiger partial charge in [-0.15, -0.1) is 0 Å². The Morgan fingerprint density at radius 3 is 2.43 bits per heavy atom. The lowest BCUT2D eigenvalue weighted by molar-refractivity contribution is 0.400. The molecule has 0 bridgehead atoms. The van der Waals surface area contributed by atoms with E-state index in [2.05, 4.69) is 25.3 Å². The lowest BCUT2D eigenvalue weighted by Gasteiger charge is -2.22. The highest BCUT2D eigenvalue weighted by Crippen LogP contribution is 2.22. The van der Waals surface area contributed by atoms with E-state index in [0.29, 0.717) is 5.82 Å². The summed E-state index contributed by atoms with van der Waals surface area (Å²) < 4.78 is 5.06. The normalized spacial score (nSPS) is 15.8. The van der Waals surface area contributed by atoms with Gasteiger partial charge in [0, 0.05) is 25.2 Å². The van der Waals surface area contributed by atoms with Gasteiger partial charge in [-0.2, -0.15) is 0 Å². The molecule has 1 saturated heterocycles. The van der Waals surface area contributed by atoms with Gasteiger partial charge in [0.05, 0.1) is 0 Å². The van der Waals surface area contributed by atoms with Crippen LogP contribution in [0.25, 0.3) is 0 Å². The van der Waals surface area contributed by atoms with E-state index < -0.39 is 0 Å². The number of aryl methyl sites for hydroxylation is 2. The third kappa shape index (κ3) is 3.51. The SMILES string of the molecule is Cc1nc(Nc2cc(C)on2)cc(N2CCCCCC2)n1. The van der Waals surface area contributed by atoms with Crippen LogP contribution in [0.2, 0.25) is 0 Å². The van der Waals surface area contributed by atoms with Crippen LogP contribution in [0, 0.1) is 13.8 Å². The summed E-state index contributed by atoms with van der Waals surface area (Å²) in [5.74, 6) is 3.96. The number of aromatic nitrogens is 3. The highest BCUT2D eigenvalue weighted by atomic mass is 16.5. The molecule has 0 unspecified atom stereocenters. The standard InChI is InChI=1S/C15H21N5O/c1-11-9-14(19-21-11)18-13-10-15(17-12(2)16-13)20-7-5-3-4-6-8-20/h9-10H,3-8H2,1-2H3,(H,16,17,18,19). The molecule has 0 aliphatic carbocycles. The van der Waals surface area contributed by atoms with Gasteiger partial charge < -0.3 is 14.7 Å². The van der Waals surface area contributed by atoms with Crippen molar-refractivity contribution in [2.45, 2.75) is 39.5 Å². The number of rotatable bonds is 3. The van der Waals surface area contributed by atoms with Gasteiger partial charge in [0.25, 0.3) is 0 Å². The molecule has 0 spiro atoms. The average molecular weight is 287 g/mol. The van der Waals surface area contributed by atoms with E-state index in [1.807, 2.05) is 26.0 Å². The molecule has 3 rings (SSSR count). The molecule has 2 aromatic heterocycles. The zero-order valence-corrected chi connectivity index (χ0v) is 12.6. The molecular formula is C15H21N5O. The van der Waals surface area contributed by atoms with Crippen LogP contribution in [-0.2, 0) is 0 Å². The topological polar surface area (TPSA) is 67.1 Å². The monoisotopic (exact) mass is 287 g/mol. The van der Waals surface area contributed by atoms with Gasteiger partial charge in [-0.05, 0) is 26.7 Å². The molecule has 6 heteroatoms. The van der Waals surface area contributed by atoms with E-state index in [4.69, 9.17) is 4.52 Å². The van der Waals surface area contributed by atoms with Crippen LogP contribution < -0.4 is 10.2 Å². The third-order valence-corrected chi connectivity index (χ3v) is 3.64. The molecule has 2 aromatic rings. The minimum atomic E-state index is 0.674. The summed E-state index contributed by atoms with van der Waals surface area (Å²) in [4.78, 5) is 11.4. The zero-order chi connectivity index (χ0) is 14.7. The Balaban J connectivity index is 1.81. The highest BCUT2D eigenvalue weighted by Gasteiger charge is 2.13. The first-order valence-corrected chi connectivity index (χ1v) is 7.52. The highest BCUT2D eigenvalue weighted by molar-refractivity contribution is 5.56. The van der Waals surface area contributed by atoms with Gasteiger partial charge >= 0.3 is 0 Å². The second kappa shape index (κ2) is 6.11. The minimum absolute atomic E-state index is 0.674. The molecule has 0 saturated carbocycles. The number of anilines is 3. The second-order valence-electron chi connectivity index (χ2n) is 5.51. The van der Waals surface area contributed by atoms with Crippen molar-refractivity contribution in [1.82, 2.24) is 15.1 Å². The summed E-state index contributed by atoms with van der Waals surface area (Å²) in [6.45, 7) is 5.92. The summed E-state index contributed by atoms with van der Waals surface area (Å²) >= 11 is 0. The van der Waals surface area contributed by atoms with E-state index in [1.165, 1.54) is 25.7 Å². The quantitative estimate of drug-likeness (QED) is 0.935. The van der Waals surface area contributed by atoms with E-state index >= 15 is 0 Å². The predicted octanol–water partition coefficient (Wildman–Crippen LogP) is 3.21. The molecule has 6 nitrogen and oxygen atoms in total. The third-order valence-electron chi connectivity index (χ3n) is 3.64. The molecule has 0 aromatic carbocycles. The van der Waals surface area contributed by atoms with Crippen molar-refractivity contribution in [3.05, 3.63) is 23.7 Å². The van der Waals surface area contributed by atoms with Gasteiger partial charge in [0.15, 0.2) is 5.82 Å². The largest absolute Gasteiger partial charge is 0.360 e. The fourth-order valence-corrected chi connectivity index (χ4v) is 2.63. The van der Waals surface area contributed by atoms with E-state index in [9.17, 15) is 0 Å². The van der Waals surface area contributed by atoms with Crippen molar-refractivity contribution in [3.8, 4) is 0 Å². The van der Waals surface area contributed by atoms with E-state index in [0.717, 1.165) is 36.3 Å². The van der Waals surface area contributed by atoms with Gasteiger partial charge in [0.2, 0.25) is 0 Å². The van der Waals surface area contributed by atoms with Crippen molar-refractivity contribution >= 4 is 17.5 Å². The van der Waals surface area contributed by atoms with Gasteiger partial charge in [-0.1, -0.05) is 18.0 Å². The Morgan fingerprint density at radius 2 is 1.76 bits per heavy atom. The van der Waals surface area contributed by atoms with Crippen LogP contribution in [0.5, 0.6) is 0 Å². The Morgan fingerprint density at radius 1 is 1.00 bits per heavy atom. The van der Waals surface area contributed by atoms with Gasteiger partial charge in [0.1, 0.15) is 23.2 Å². The summed E-state index contributed by atoms with van der Waals surface area (Å²) in [5, 5.41) is 7.12. The van der Waals surface area contributed by atoms with E-state index in [-0.39, 0.29) is 0 Å². The second-order valence-corrected chi connectivity index (χ2v) is 5.51. The van der Waals surface area contributed by atoms with Gasteiger partial charge in [-0.25, -0.2) is 9.97 Å². The number of hydrogen-bond donors (Lipinski definition) is 1. The molecular weight excluding hydrogens is 266 g/mol. The fourth-order valence-electron chi connectivity index (χ4n) is 2.63. The molecule has 112 valence electrons. The lowest BCUT2D eigenvalue weighted by atomic mass is 10.2. The molecule has 0 radical (unpaired) electrons. The van der Waals surface area contributed by atoms with Crippen molar-refractivity contribution < 1.29 is 4.52 Å². The maximum atomic E-state index is 5.06. The van der Waals surface area contributed by atoms with E-state index in [1.54, 1.807) is 0 Å². The molecule has 0 atom stereocenters. The Kier molecular flexibility index (Phi) is 4.03. The summed E-state index contributed by atoms with van der Waals surface area (Å²) in [6.07, 6.45) is 5.08. The van der Waals surface area contributed by atoms with Gasteiger partial charge in [-0.3, -0.25) is 0 Å². The molecule has 1 N–H and O–H groups in total. The summed E-state index contributed by atoms with van der Waals surface area (Å²) in [7, 11) is 0. The maximum Gasteiger partial charge on any atom is 0.175 e. The number of hydrogen-bond acceptors (Lipinski definition) is 6. The molecule has 3 heterocycles. The van der Waals surface area contributed by atoms with Crippen molar-refractivity contribution in [2.24, 2.45) is 0 Å². The Bertz CT molecular complexity index is 602. The van der Waals surface area contributed by atoms with Crippen LogP contribution in [-0.4, -0.2) is 28.2 Å². The Hall–Kier alpha value is -2.11. The number of nitrogens with one attached hydrogen (secondary N) is 1.